The number of carbonyl (C=O) groups is 1. The second kappa shape index (κ2) is 8.06. The smallest absolute Gasteiger partial charge is 0.266 e. The van der Waals surface area contributed by atoms with E-state index in [9.17, 15) is 4.79 Å². The monoisotopic (exact) mass is 370 g/mol. The third-order valence-corrected chi connectivity index (χ3v) is 4.42. The molecule has 1 aromatic carbocycles. The third-order valence-electron chi connectivity index (χ3n) is 4.00. The highest BCUT2D eigenvalue weighted by molar-refractivity contribution is 6.31. The summed E-state index contributed by atoms with van der Waals surface area (Å²) in [7, 11) is 0. The van der Waals surface area contributed by atoms with E-state index in [1.165, 1.54) is 0 Å². The highest BCUT2D eigenvalue weighted by atomic mass is 35.5. The van der Waals surface area contributed by atoms with Crippen LogP contribution in [0.4, 0.5) is 5.82 Å². The van der Waals surface area contributed by atoms with Gasteiger partial charge in [-0.3, -0.25) is 9.69 Å². The highest BCUT2D eigenvalue weighted by Crippen LogP contribution is 2.26. The van der Waals surface area contributed by atoms with Gasteiger partial charge in [-0.2, -0.15) is 0 Å². The molecule has 3 rings (SSSR count). The summed E-state index contributed by atoms with van der Waals surface area (Å²) in [5, 5.41) is 0.658. The lowest BCUT2D eigenvalue weighted by atomic mass is 10.2. The van der Waals surface area contributed by atoms with Gasteiger partial charge in [0.05, 0.1) is 12.3 Å². The molecule has 0 saturated heterocycles. The van der Waals surface area contributed by atoms with Gasteiger partial charge < -0.3 is 9.15 Å². The number of anilines is 1. The van der Waals surface area contributed by atoms with Crippen molar-refractivity contribution >= 4 is 23.3 Å². The molecule has 0 aliphatic rings. The van der Waals surface area contributed by atoms with Crippen molar-refractivity contribution in [2.45, 2.75) is 19.9 Å². The van der Waals surface area contributed by atoms with Crippen LogP contribution in [0.5, 0.6) is 5.75 Å². The van der Waals surface area contributed by atoms with Gasteiger partial charge in [0.15, 0.2) is 6.61 Å². The predicted molar refractivity (Wildman–Crippen MR) is 101 cm³/mol. The van der Waals surface area contributed by atoms with Gasteiger partial charge in [-0.05, 0) is 61.9 Å². The van der Waals surface area contributed by atoms with Crippen molar-refractivity contribution in [2.24, 2.45) is 0 Å². The lowest BCUT2D eigenvalue weighted by molar-refractivity contribution is -0.121. The van der Waals surface area contributed by atoms with Crippen molar-refractivity contribution in [1.82, 2.24) is 4.98 Å². The Hall–Kier alpha value is -2.79. The summed E-state index contributed by atoms with van der Waals surface area (Å²) < 4.78 is 11.1. The van der Waals surface area contributed by atoms with Crippen LogP contribution >= 0.6 is 11.6 Å². The highest BCUT2D eigenvalue weighted by Gasteiger charge is 2.26. The summed E-state index contributed by atoms with van der Waals surface area (Å²) in [4.78, 5) is 18.8. The zero-order chi connectivity index (χ0) is 18.5. The summed E-state index contributed by atoms with van der Waals surface area (Å²) in [6.45, 7) is 3.65. The third kappa shape index (κ3) is 4.06. The van der Waals surface area contributed by atoms with E-state index in [2.05, 4.69) is 4.98 Å². The SMILES string of the molecule is Cc1cc(OCC(=O)N(c2ccccn2)C(C)c2ccco2)ccc1Cl. The predicted octanol–water partition coefficient (Wildman–Crippen LogP) is 4.81. The van der Waals surface area contributed by atoms with Crippen LogP contribution in [-0.2, 0) is 4.79 Å². The normalized spacial score (nSPS) is 11.8. The Morgan fingerprint density at radius 3 is 2.77 bits per heavy atom. The molecule has 3 aromatic rings. The van der Waals surface area contributed by atoms with Crippen LogP contribution < -0.4 is 9.64 Å². The first-order valence-corrected chi connectivity index (χ1v) is 8.59. The van der Waals surface area contributed by atoms with Crippen molar-refractivity contribution in [3.63, 3.8) is 0 Å². The average molecular weight is 371 g/mol. The van der Waals surface area contributed by atoms with Crippen molar-refractivity contribution in [3.8, 4) is 5.75 Å². The Kier molecular flexibility index (Phi) is 5.58. The molecule has 0 aliphatic carbocycles. The molecule has 1 amide bonds. The van der Waals surface area contributed by atoms with E-state index in [-0.39, 0.29) is 18.6 Å². The summed E-state index contributed by atoms with van der Waals surface area (Å²) in [6.07, 6.45) is 3.23. The van der Waals surface area contributed by atoms with Crippen LogP contribution in [0.1, 0.15) is 24.3 Å². The van der Waals surface area contributed by atoms with E-state index < -0.39 is 0 Å². The molecule has 1 unspecified atom stereocenters. The van der Waals surface area contributed by atoms with Gasteiger partial charge in [-0.25, -0.2) is 4.98 Å². The number of halogens is 1. The van der Waals surface area contributed by atoms with Gasteiger partial charge in [0.2, 0.25) is 0 Å². The molecule has 134 valence electrons. The number of amides is 1. The Balaban J connectivity index is 1.79. The second-order valence-corrected chi connectivity index (χ2v) is 6.25. The number of aromatic nitrogens is 1. The first-order valence-electron chi connectivity index (χ1n) is 8.21. The quantitative estimate of drug-likeness (QED) is 0.624. The molecule has 0 saturated carbocycles. The zero-order valence-corrected chi connectivity index (χ0v) is 15.3. The molecule has 0 radical (unpaired) electrons. The van der Waals surface area contributed by atoms with Crippen molar-refractivity contribution in [1.29, 1.82) is 0 Å². The average Bonchev–Trinajstić information content (AvgIpc) is 3.18. The van der Waals surface area contributed by atoms with Crippen molar-refractivity contribution in [3.05, 3.63) is 77.3 Å². The maximum atomic E-state index is 12.9. The minimum atomic E-state index is -0.317. The van der Waals surface area contributed by atoms with Crippen LogP contribution in [0.25, 0.3) is 0 Å². The first kappa shape index (κ1) is 18.0. The number of pyridine rings is 1. The van der Waals surface area contributed by atoms with Gasteiger partial charge in [-0.1, -0.05) is 17.7 Å². The topological polar surface area (TPSA) is 55.6 Å². The van der Waals surface area contributed by atoms with Crippen molar-refractivity contribution in [2.75, 3.05) is 11.5 Å². The Labute approximate surface area is 157 Å². The molecule has 0 N–H and O–H groups in total. The first-order chi connectivity index (χ1) is 12.6. The molecule has 0 aliphatic heterocycles. The van der Waals surface area contributed by atoms with Crippen LogP contribution in [0.15, 0.2) is 65.4 Å². The van der Waals surface area contributed by atoms with Gasteiger partial charge in [0.1, 0.15) is 17.3 Å². The van der Waals surface area contributed by atoms with E-state index in [4.69, 9.17) is 20.8 Å². The van der Waals surface area contributed by atoms with Gasteiger partial charge in [-0.15, -0.1) is 0 Å². The minimum absolute atomic E-state index is 0.122. The molecule has 5 nitrogen and oxygen atoms in total. The second-order valence-electron chi connectivity index (χ2n) is 5.84. The van der Waals surface area contributed by atoms with Crippen LogP contribution in [-0.4, -0.2) is 17.5 Å². The summed E-state index contributed by atoms with van der Waals surface area (Å²) in [5.41, 5.74) is 0.891. The Bertz CT molecular complexity index is 866. The summed E-state index contributed by atoms with van der Waals surface area (Å²) >= 11 is 6.02. The summed E-state index contributed by atoms with van der Waals surface area (Å²) in [6, 6.07) is 14.0. The van der Waals surface area contributed by atoms with Crippen LogP contribution in [0.2, 0.25) is 5.02 Å². The molecule has 6 heteroatoms. The van der Waals surface area contributed by atoms with Gasteiger partial charge >= 0.3 is 0 Å². The van der Waals surface area contributed by atoms with Crippen LogP contribution in [0, 0.1) is 6.92 Å². The zero-order valence-electron chi connectivity index (χ0n) is 14.6. The fourth-order valence-electron chi connectivity index (χ4n) is 2.62. The number of carbonyl (C=O) groups excluding carboxylic acids is 1. The lowest BCUT2D eigenvalue weighted by Gasteiger charge is -2.27. The van der Waals surface area contributed by atoms with Gasteiger partial charge in [0, 0.05) is 11.2 Å². The van der Waals surface area contributed by atoms with E-state index in [0.717, 1.165) is 5.56 Å². The van der Waals surface area contributed by atoms with Crippen LogP contribution in [0.3, 0.4) is 0 Å². The van der Waals surface area contributed by atoms with Gasteiger partial charge in [0.25, 0.3) is 5.91 Å². The van der Waals surface area contributed by atoms with E-state index >= 15 is 0 Å². The molecule has 2 heterocycles. The number of benzene rings is 1. The number of nitrogens with zero attached hydrogens (tertiary/aromatic N) is 2. The maximum absolute atomic E-state index is 12.9. The molecular weight excluding hydrogens is 352 g/mol. The van der Waals surface area contributed by atoms with E-state index in [1.807, 2.05) is 26.0 Å². The number of hydrogen-bond donors (Lipinski definition) is 0. The van der Waals surface area contributed by atoms with Crippen molar-refractivity contribution < 1.29 is 13.9 Å². The number of aryl methyl sites for hydroxylation is 1. The fraction of sp³-hybridized carbons (Fsp3) is 0.200. The molecule has 0 fully saturated rings. The largest absolute Gasteiger partial charge is 0.484 e. The standard InChI is InChI=1S/C20H19ClN2O3/c1-14-12-16(8-9-17(14)21)26-13-20(24)23(19-7-3-4-10-22-19)15(2)18-6-5-11-25-18/h3-12,15H,13H2,1-2H3. The number of rotatable bonds is 6. The maximum Gasteiger partial charge on any atom is 0.266 e. The number of furan rings is 1. The van der Waals surface area contributed by atoms with E-state index in [1.54, 1.807) is 53.8 Å². The molecule has 2 aromatic heterocycles. The minimum Gasteiger partial charge on any atom is -0.484 e. The Morgan fingerprint density at radius 1 is 1.27 bits per heavy atom. The fourth-order valence-corrected chi connectivity index (χ4v) is 2.73. The summed E-state index contributed by atoms with van der Waals surface area (Å²) in [5.74, 6) is 1.58. The number of ether oxygens (including phenoxy) is 1. The van der Waals surface area contributed by atoms with E-state index in [0.29, 0.717) is 22.4 Å². The molecule has 0 spiro atoms. The molecule has 1 atom stereocenters. The Morgan fingerprint density at radius 2 is 2.12 bits per heavy atom. The molecular formula is C20H19ClN2O3. The lowest BCUT2D eigenvalue weighted by Crippen LogP contribution is -2.37. The number of hydrogen-bond acceptors (Lipinski definition) is 4. The molecule has 0 bridgehead atoms. The molecule has 26 heavy (non-hydrogen) atoms.